The number of hydrogen-bond acceptors (Lipinski definition) is 3. The van der Waals surface area contributed by atoms with Gasteiger partial charge in [0.2, 0.25) is 0 Å². The van der Waals surface area contributed by atoms with E-state index >= 15 is 0 Å². The van der Waals surface area contributed by atoms with E-state index < -0.39 is 18.3 Å². The van der Waals surface area contributed by atoms with Crippen molar-refractivity contribution in [1.29, 1.82) is 0 Å². The molecular weight excluding hydrogens is 323 g/mol. The second kappa shape index (κ2) is 6.94. The third-order valence-electron chi connectivity index (χ3n) is 5.20. The van der Waals surface area contributed by atoms with E-state index in [-0.39, 0.29) is 0 Å². The lowest BCUT2D eigenvalue weighted by atomic mass is 9.76. The number of rotatable bonds is 5. The molecule has 0 atom stereocenters. The van der Waals surface area contributed by atoms with Gasteiger partial charge in [-0.3, -0.25) is 0 Å². The second-order valence-corrected chi connectivity index (χ2v) is 7.78. The summed E-state index contributed by atoms with van der Waals surface area (Å²) in [5.41, 5.74) is 3.41. The first-order valence-corrected chi connectivity index (χ1v) is 9.04. The quantitative estimate of drug-likeness (QED) is 0.586. The molecule has 136 valence electrons. The standard InChI is InChI=1S/C22H27BO3/c1-7-13-24-20-18(17-11-9-8-10-12-17)14-16(2)15-19(20)23-25-21(3,4)22(5,6)26-23/h7-12,14-15H,1,13H2,2-6H3. The monoisotopic (exact) mass is 350 g/mol. The van der Waals surface area contributed by atoms with Crippen molar-refractivity contribution in [2.75, 3.05) is 6.61 Å². The molecule has 0 N–H and O–H groups in total. The first-order valence-electron chi connectivity index (χ1n) is 9.04. The minimum atomic E-state index is -0.470. The van der Waals surface area contributed by atoms with Crippen LogP contribution in [0.15, 0.2) is 55.1 Å². The highest BCUT2D eigenvalue weighted by molar-refractivity contribution is 6.63. The molecule has 0 saturated carbocycles. The van der Waals surface area contributed by atoms with Crippen LogP contribution in [-0.4, -0.2) is 24.9 Å². The molecule has 3 rings (SSSR count). The summed E-state index contributed by atoms with van der Waals surface area (Å²) < 4.78 is 18.7. The summed E-state index contributed by atoms with van der Waals surface area (Å²) in [5.74, 6) is 0.792. The van der Waals surface area contributed by atoms with Gasteiger partial charge in [-0.2, -0.15) is 0 Å². The number of hydrogen-bond donors (Lipinski definition) is 0. The van der Waals surface area contributed by atoms with Crippen LogP contribution < -0.4 is 10.2 Å². The Morgan fingerprint density at radius 3 is 2.23 bits per heavy atom. The first-order chi connectivity index (χ1) is 12.2. The van der Waals surface area contributed by atoms with Crippen LogP contribution in [0.2, 0.25) is 0 Å². The zero-order valence-electron chi connectivity index (χ0n) is 16.3. The lowest BCUT2D eigenvalue weighted by molar-refractivity contribution is 0.00578. The largest absolute Gasteiger partial charge is 0.498 e. The SMILES string of the molecule is C=CCOc1c(B2OC(C)(C)C(C)(C)O2)cc(C)cc1-c1ccccc1. The molecule has 0 unspecified atom stereocenters. The summed E-state index contributed by atoms with van der Waals surface area (Å²) in [6.45, 7) is 14.5. The zero-order chi connectivity index (χ0) is 18.9. The predicted molar refractivity (Wildman–Crippen MR) is 108 cm³/mol. The minimum absolute atomic E-state index is 0.399. The third kappa shape index (κ3) is 3.44. The molecule has 1 heterocycles. The van der Waals surface area contributed by atoms with Crippen molar-refractivity contribution in [3.8, 4) is 16.9 Å². The summed E-state index contributed by atoms with van der Waals surface area (Å²) >= 11 is 0. The molecule has 4 heteroatoms. The number of aryl methyl sites for hydroxylation is 1. The van der Waals surface area contributed by atoms with E-state index in [0.29, 0.717) is 6.61 Å². The van der Waals surface area contributed by atoms with Crippen LogP contribution in [0.25, 0.3) is 11.1 Å². The molecule has 1 fully saturated rings. The molecule has 1 saturated heterocycles. The van der Waals surface area contributed by atoms with Gasteiger partial charge in [0.05, 0.1) is 11.2 Å². The van der Waals surface area contributed by atoms with Crippen LogP contribution in [0.4, 0.5) is 0 Å². The molecule has 1 aliphatic heterocycles. The van der Waals surface area contributed by atoms with E-state index in [9.17, 15) is 0 Å². The van der Waals surface area contributed by atoms with Crippen LogP contribution in [-0.2, 0) is 9.31 Å². The maximum atomic E-state index is 6.29. The van der Waals surface area contributed by atoms with Gasteiger partial charge >= 0.3 is 7.12 Å². The minimum Gasteiger partial charge on any atom is -0.489 e. The average molecular weight is 350 g/mol. The Morgan fingerprint density at radius 2 is 1.65 bits per heavy atom. The van der Waals surface area contributed by atoms with Crippen molar-refractivity contribution >= 4 is 12.6 Å². The molecule has 0 amide bonds. The Labute approximate surface area is 157 Å². The molecule has 0 aromatic heterocycles. The van der Waals surface area contributed by atoms with Crippen molar-refractivity contribution in [1.82, 2.24) is 0 Å². The molecule has 0 spiro atoms. The fraction of sp³-hybridized carbons (Fsp3) is 0.364. The number of ether oxygens (including phenoxy) is 1. The van der Waals surface area contributed by atoms with E-state index in [0.717, 1.165) is 27.9 Å². The number of benzene rings is 2. The summed E-state index contributed by atoms with van der Waals surface area (Å²) in [6.07, 6.45) is 1.75. The Hall–Kier alpha value is -2.04. The van der Waals surface area contributed by atoms with Crippen molar-refractivity contribution < 1.29 is 14.0 Å². The summed E-state index contributed by atoms with van der Waals surface area (Å²) in [5, 5.41) is 0. The van der Waals surface area contributed by atoms with Gasteiger partial charge in [-0.05, 0) is 46.2 Å². The first kappa shape index (κ1) is 18.7. The Morgan fingerprint density at radius 1 is 1.04 bits per heavy atom. The highest BCUT2D eigenvalue weighted by Crippen LogP contribution is 2.39. The van der Waals surface area contributed by atoms with E-state index in [1.54, 1.807) is 6.08 Å². The van der Waals surface area contributed by atoms with Crippen LogP contribution in [0.5, 0.6) is 5.75 Å². The van der Waals surface area contributed by atoms with Gasteiger partial charge in [0.25, 0.3) is 0 Å². The average Bonchev–Trinajstić information content (AvgIpc) is 2.81. The van der Waals surface area contributed by atoms with Gasteiger partial charge in [0.1, 0.15) is 12.4 Å². The smallest absolute Gasteiger partial charge is 0.489 e. The van der Waals surface area contributed by atoms with E-state index in [1.807, 2.05) is 18.2 Å². The maximum absolute atomic E-state index is 6.29. The van der Waals surface area contributed by atoms with E-state index in [4.69, 9.17) is 14.0 Å². The van der Waals surface area contributed by atoms with Crippen molar-refractivity contribution in [3.05, 3.63) is 60.7 Å². The molecule has 0 bridgehead atoms. The predicted octanol–water partition coefficient (Wildman–Crippen LogP) is 4.53. The van der Waals surface area contributed by atoms with Crippen LogP contribution >= 0.6 is 0 Å². The Bertz CT molecular complexity index is 781. The topological polar surface area (TPSA) is 27.7 Å². The highest BCUT2D eigenvalue weighted by atomic mass is 16.7. The van der Waals surface area contributed by atoms with Crippen LogP contribution in [0.1, 0.15) is 33.3 Å². The highest BCUT2D eigenvalue weighted by Gasteiger charge is 2.52. The van der Waals surface area contributed by atoms with Gasteiger partial charge in [0, 0.05) is 11.0 Å². The lowest BCUT2D eigenvalue weighted by Crippen LogP contribution is -2.41. The van der Waals surface area contributed by atoms with Crippen molar-refractivity contribution in [2.24, 2.45) is 0 Å². The molecule has 2 aromatic rings. The second-order valence-electron chi connectivity index (χ2n) is 7.78. The molecule has 2 aromatic carbocycles. The fourth-order valence-electron chi connectivity index (χ4n) is 3.08. The van der Waals surface area contributed by atoms with Gasteiger partial charge < -0.3 is 14.0 Å². The van der Waals surface area contributed by atoms with E-state index in [1.165, 1.54) is 0 Å². The fourth-order valence-corrected chi connectivity index (χ4v) is 3.08. The third-order valence-corrected chi connectivity index (χ3v) is 5.20. The van der Waals surface area contributed by atoms with Crippen molar-refractivity contribution in [3.63, 3.8) is 0 Å². The van der Waals surface area contributed by atoms with Gasteiger partial charge in [0.15, 0.2) is 0 Å². The summed E-state index contributed by atoms with van der Waals surface area (Å²) in [7, 11) is -0.470. The van der Waals surface area contributed by atoms with Crippen molar-refractivity contribution in [2.45, 2.75) is 45.8 Å². The lowest BCUT2D eigenvalue weighted by Gasteiger charge is -2.32. The zero-order valence-corrected chi connectivity index (χ0v) is 16.3. The molecule has 3 nitrogen and oxygen atoms in total. The summed E-state index contributed by atoms with van der Waals surface area (Å²) in [6, 6.07) is 14.5. The van der Waals surface area contributed by atoms with Gasteiger partial charge in [-0.1, -0.05) is 54.6 Å². The normalized spacial score (nSPS) is 18.0. The maximum Gasteiger partial charge on any atom is 0.498 e. The van der Waals surface area contributed by atoms with Gasteiger partial charge in [-0.15, -0.1) is 0 Å². The summed E-state index contributed by atoms with van der Waals surface area (Å²) in [4.78, 5) is 0. The molecule has 0 radical (unpaired) electrons. The molecule has 0 aliphatic carbocycles. The van der Waals surface area contributed by atoms with Crippen LogP contribution in [0, 0.1) is 6.92 Å². The van der Waals surface area contributed by atoms with Crippen LogP contribution in [0.3, 0.4) is 0 Å². The molecule has 26 heavy (non-hydrogen) atoms. The van der Waals surface area contributed by atoms with E-state index in [2.05, 4.69) is 65.5 Å². The Kier molecular flexibility index (Phi) is 5.00. The van der Waals surface area contributed by atoms with Gasteiger partial charge in [-0.25, -0.2) is 0 Å². The molecule has 1 aliphatic rings. The molecular formula is C22H27BO3. The Balaban J connectivity index is 2.13.